The molecule has 3 N–H and O–H groups in total. The third kappa shape index (κ3) is 3.90. The fourth-order valence-corrected chi connectivity index (χ4v) is 6.15. The molecule has 0 radical (unpaired) electrons. The topological polar surface area (TPSA) is 134 Å². The Morgan fingerprint density at radius 3 is 2.65 bits per heavy atom. The summed E-state index contributed by atoms with van der Waals surface area (Å²) >= 11 is 0. The zero-order valence-corrected chi connectivity index (χ0v) is 19.1. The fraction of sp³-hybridized carbons (Fsp3) is 0.348. The van der Waals surface area contributed by atoms with Gasteiger partial charge in [0.05, 0.1) is 29.0 Å². The van der Waals surface area contributed by atoms with Crippen LogP contribution in [0.5, 0.6) is 0 Å². The number of rotatable bonds is 4. The van der Waals surface area contributed by atoms with E-state index in [1.54, 1.807) is 30.3 Å². The molecule has 4 amide bonds. The highest BCUT2D eigenvalue weighted by molar-refractivity contribution is 7.91. The quantitative estimate of drug-likeness (QED) is 0.541. The number of benzene rings is 2. The van der Waals surface area contributed by atoms with Crippen molar-refractivity contribution in [1.82, 2.24) is 16.0 Å². The van der Waals surface area contributed by atoms with E-state index in [2.05, 4.69) is 16.0 Å². The lowest BCUT2D eigenvalue weighted by Crippen LogP contribution is -2.66. The average Bonchev–Trinajstić information content (AvgIpc) is 3.11. The minimum atomic E-state index is -3.28. The minimum Gasteiger partial charge on any atom is -0.379 e. The molecule has 0 saturated carbocycles. The van der Waals surface area contributed by atoms with Crippen molar-refractivity contribution in [1.29, 1.82) is 0 Å². The van der Waals surface area contributed by atoms with Gasteiger partial charge in [0.15, 0.2) is 9.84 Å². The summed E-state index contributed by atoms with van der Waals surface area (Å²) in [6.07, 6.45) is 0.265. The molecule has 178 valence electrons. The van der Waals surface area contributed by atoms with Crippen molar-refractivity contribution >= 4 is 33.4 Å². The lowest BCUT2D eigenvalue weighted by atomic mass is 9.85. The molecule has 2 fully saturated rings. The zero-order valence-electron chi connectivity index (χ0n) is 18.2. The average molecular weight is 485 g/mol. The normalized spacial score (nSPS) is 25.4. The fourth-order valence-electron chi connectivity index (χ4n) is 4.67. The molecule has 2 saturated heterocycles. The molecular weight excluding hydrogens is 460 g/mol. The number of carbonyl (C=O) groups is 3. The second-order valence-corrected chi connectivity index (χ2v) is 10.7. The van der Waals surface area contributed by atoms with E-state index in [1.807, 2.05) is 23.1 Å². The Bertz CT molecular complexity index is 1260. The summed E-state index contributed by atoms with van der Waals surface area (Å²) in [5.74, 6) is -0.796. The van der Waals surface area contributed by atoms with Crippen LogP contribution in [0.3, 0.4) is 0 Å². The van der Waals surface area contributed by atoms with Gasteiger partial charge in [-0.1, -0.05) is 24.3 Å². The molecule has 2 aromatic carbocycles. The first kappa shape index (κ1) is 22.4. The second kappa shape index (κ2) is 8.41. The second-order valence-electron chi connectivity index (χ2n) is 8.64. The number of amides is 4. The largest absolute Gasteiger partial charge is 0.379 e. The molecule has 10 nitrogen and oxygen atoms in total. The molecular formula is C23H24N4O6S. The number of hydrogen-bond donors (Lipinski definition) is 3. The van der Waals surface area contributed by atoms with Crippen LogP contribution in [-0.2, 0) is 25.9 Å². The third-order valence-electron chi connectivity index (χ3n) is 6.55. The molecule has 0 aliphatic carbocycles. The van der Waals surface area contributed by atoms with E-state index in [-0.39, 0.29) is 24.7 Å². The Hall–Kier alpha value is -3.44. The monoisotopic (exact) mass is 484 g/mol. The minimum absolute atomic E-state index is 0.0554. The highest BCUT2D eigenvalue weighted by Gasteiger charge is 2.54. The number of fused-ring (bicyclic) bond motifs is 1. The molecule has 3 aliphatic heterocycles. The molecule has 2 atom stereocenters. The number of carbonyl (C=O) groups excluding carboxylic acids is 3. The first-order valence-corrected chi connectivity index (χ1v) is 12.6. The molecule has 0 bridgehead atoms. The number of urea groups is 1. The van der Waals surface area contributed by atoms with Crippen LogP contribution >= 0.6 is 0 Å². The smallest absolute Gasteiger partial charge is 0.322 e. The predicted molar refractivity (Wildman–Crippen MR) is 122 cm³/mol. The number of sulfone groups is 1. The van der Waals surface area contributed by atoms with Crippen molar-refractivity contribution in [3.63, 3.8) is 0 Å². The number of para-hydroxylation sites is 1. The Kier molecular flexibility index (Phi) is 5.53. The van der Waals surface area contributed by atoms with Gasteiger partial charge >= 0.3 is 6.03 Å². The van der Waals surface area contributed by atoms with Gasteiger partial charge in [0.25, 0.3) is 11.8 Å². The van der Waals surface area contributed by atoms with Crippen LogP contribution in [0, 0.1) is 0 Å². The standard InChI is InChI=1S/C23H24N4O6S/c28-20(24-19-14-33-11-9-23(19)21(29)25-22(30)26-23)16-7-5-15(6-8-16)13-27-10-12-34(31,32)18-4-2-1-3-17(18)27/h1-8,19H,9-14H2,(H,24,28)(H2,25,26,29,30). The van der Waals surface area contributed by atoms with Gasteiger partial charge < -0.3 is 20.3 Å². The maximum atomic E-state index is 12.9. The first-order valence-electron chi connectivity index (χ1n) is 11.0. The number of nitrogens with zero attached hydrogens (tertiary/aromatic N) is 1. The number of anilines is 1. The van der Waals surface area contributed by atoms with Crippen molar-refractivity contribution in [2.45, 2.75) is 29.4 Å². The van der Waals surface area contributed by atoms with Gasteiger partial charge in [-0.3, -0.25) is 14.9 Å². The summed E-state index contributed by atoms with van der Waals surface area (Å²) in [6, 6.07) is 12.7. The summed E-state index contributed by atoms with van der Waals surface area (Å²) < 4.78 is 30.2. The summed E-state index contributed by atoms with van der Waals surface area (Å²) in [5, 5.41) is 7.72. The van der Waals surface area contributed by atoms with Gasteiger partial charge in [0.1, 0.15) is 5.54 Å². The van der Waals surface area contributed by atoms with Crippen LogP contribution < -0.4 is 20.9 Å². The highest BCUT2D eigenvalue weighted by atomic mass is 32.2. The van der Waals surface area contributed by atoms with E-state index in [9.17, 15) is 22.8 Å². The molecule has 2 aromatic rings. The predicted octanol–water partition coefficient (Wildman–Crippen LogP) is 0.577. The van der Waals surface area contributed by atoms with Gasteiger partial charge in [-0.15, -0.1) is 0 Å². The summed E-state index contributed by atoms with van der Waals surface area (Å²) in [5.41, 5.74) is 0.781. The van der Waals surface area contributed by atoms with Crippen LogP contribution in [0.4, 0.5) is 10.5 Å². The van der Waals surface area contributed by atoms with E-state index in [4.69, 9.17) is 4.74 Å². The summed E-state index contributed by atoms with van der Waals surface area (Å²) in [7, 11) is -3.28. The van der Waals surface area contributed by atoms with Gasteiger partial charge in [-0.2, -0.15) is 0 Å². The van der Waals surface area contributed by atoms with Gasteiger partial charge in [0, 0.05) is 31.7 Å². The van der Waals surface area contributed by atoms with Gasteiger partial charge in [-0.05, 0) is 29.8 Å². The Balaban J connectivity index is 1.29. The maximum Gasteiger partial charge on any atom is 0.322 e. The lowest BCUT2D eigenvalue weighted by Gasteiger charge is -2.38. The van der Waals surface area contributed by atoms with Crippen LogP contribution in [-0.4, -0.2) is 63.4 Å². The Morgan fingerprint density at radius 2 is 1.91 bits per heavy atom. The SMILES string of the molecule is O=C1NC(=O)C2(CCOCC2NC(=O)c2ccc(CN3CCS(=O)(=O)c4ccccc43)cc2)N1. The molecule has 3 heterocycles. The molecule has 5 rings (SSSR count). The van der Waals surface area contributed by atoms with E-state index in [0.29, 0.717) is 35.8 Å². The number of nitrogens with one attached hydrogen (secondary N) is 3. The van der Waals surface area contributed by atoms with E-state index < -0.39 is 33.4 Å². The highest BCUT2D eigenvalue weighted by Crippen LogP contribution is 2.31. The van der Waals surface area contributed by atoms with Crippen LogP contribution in [0.1, 0.15) is 22.3 Å². The maximum absolute atomic E-state index is 12.9. The number of hydrogen-bond acceptors (Lipinski definition) is 7. The van der Waals surface area contributed by atoms with E-state index in [1.165, 1.54) is 0 Å². The molecule has 0 aromatic heterocycles. The summed E-state index contributed by atoms with van der Waals surface area (Å²) in [6.45, 7) is 1.30. The first-order chi connectivity index (χ1) is 16.3. The van der Waals surface area contributed by atoms with E-state index in [0.717, 1.165) is 5.56 Å². The van der Waals surface area contributed by atoms with Gasteiger partial charge in [0.2, 0.25) is 0 Å². The zero-order chi connectivity index (χ0) is 23.9. The van der Waals surface area contributed by atoms with Crippen molar-refractivity contribution in [2.75, 3.05) is 30.4 Å². The Morgan fingerprint density at radius 1 is 1.15 bits per heavy atom. The number of ether oxygens (including phenoxy) is 1. The molecule has 34 heavy (non-hydrogen) atoms. The van der Waals surface area contributed by atoms with Crippen molar-refractivity contribution in [3.8, 4) is 0 Å². The Labute approximate surface area is 196 Å². The molecule has 1 spiro atoms. The van der Waals surface area contributed by atoms with Gasteiger partial charge in [-0.25, -0.2) is 13.2 Å². The van der Waals surface area contributed by atoms with Crippen LogP contribution in [0.2, 0.25) is 0 Å². The summed E-state index contributed by atoms with van der Waals surface area (Å²) in [4.78, 5) is 39.4. The molecule has 11 heteroatoms. The third-order valence-corrected chi connectivity index (χ3v) is 8.29. The lowest BCUT2D eigenvalue weighted by molar-refractivity contribution is -0.128. The van der Waals surface area contributed by atoms with Crippen molar-refractivity contribution < 1.29 is 27.5 Å². The molecule has 3 aliphatic rings. The van der Waals surface area contributed by atoms with Crippen LogP contribution in [0.25, 0.3) is 0 Å². The number of imide groups is 1. The molecule has 2 unspecified atom stereocenters. The van der Waals surface area contributed by atoms with Crippen LogP contribution in [0.15, 0.2) is 53.4 Å². The van der Waals surface area contributed by atoms with Crippen molar-refractivity contribution in [2.24, 2.45) is 0 Å². The van der Waals surface area contributed by atoms with Crippen molar-refractivity contribution in [3.05, 3.63) is 59.7 Å². The van der Waals surface area contributed by atoms with E-state index >= 15 is 0 Å².